The highest BCUT2D eigenvalue weighted by molar-refractivity contribution is 7.12. The van der Waals surface area contributed by atoms with E-state index in [-0.39, 0.29) is 0 Å². The monoisotopic (exact) mass is 180 g/mol. The summed E-state index contributed by atoms with van der Waals surface area (Å²) in [4.78, 5) is 0. The Hall–Kier alpha value is -1.23. The van der Waals surface area contributed by atoms with Gasteiger partial charge in [0.05, 0.1) is 11.8 Å². The predicted molar refractivity (Wildman–Crippen MR) is 46.8 cm³/mol. The minimum absolute atomic E-state index is 0.931. The average Bonchev–Trinajstić information content (AvgIpc) is 2.64. The van der Waals surface area contributed by atoms with E-state index in [4.69, 9.17) is 0 Å². The lowest BCUT2D eigenvalue weighted by molar-refractivity contribution is 0.740. The molecule has 0 saturated carbocycles. The Bertz CT molecular complexity index is 376. The Morgan fingerprint density at radius 2 is 2.33 bits per heavy atom. The maximum Gasteiger partial charge on any atom is 0.150 e. The number of hydrogen-bond donors (Lipinski definition) is 0. The smallest absolute Gasteiger partial charge is 0.150 e. The summed E-state index contributed by atoms with van der Waals surface area (Å²) in [6.07, 6.45) is 1.82. The molecule has 2 heterocycles. The van der Waals surface area contributed by atoms with E-state index >= 15 is 0 Å². The molecule has 5 heteroatoms. The third kappa shape index (κ3) is 1.02. The van der Waals surface area contributed by atoms with E-state index in [1.54, 1.807) is 5.51 Å². The summed E-state index contributed by atoms with van der Waals surface area (Å²) < 4.78 is 1.83. The number of aryl methyl sites for hydroxylation is 1. The second-order valence-electron chi connectivity index (χ2n) is 2.51. The molecule has 12 heavy (non-hydrogen) atoms. The topological polar surface area (TPSA) is 43.6 Å². The molecule has 0 atom stereocenters. The third-order valence-electron chi connectivity index (χ3n) is 1.83. The number of hydrogen-bond acceptors (Lipinski definition) is 4. The first kappa shape index (κ1) is 7.42. The van der Waals surface area contributed by atoms with Crippen LogP contribution in [0.5, 0.6) is 0 Å². The Labute approximate surface area is 73.9 Å². The molecule has 0 amide bonds. The highest BCUT2D eigenvalue weighted by atomic mass is 32.1. The molecule has 0 fully saturated rings. The second-order valence-corrected chi connectivity index (χ2v) is 3.34. The summed E-state index contributed by atoms with van der Waals surface area (Å²) in [5.74, 6) is 0. The highest BCUT2D eigenvalue weighted by Gasteiger charge is 2.08. The van der Waals surface area contributed by atoms with Gasteiger partial charge in [0.15, 0.2) is 5.01 Å². The quantitative estimate of drug-likeness (QED) is 0.663. The van der Waals surface area contributed by atoms with Crippen molar-refractivity contribution in [3.63, 3.8) is 0 Å². The molecule has 62 valence electrons. The van der Waals surface area contributed by atoms with Crippen molar-refractivity contribution in [2.45, 2.75) is 6.92 Å². The molecule has 0 aliphatic heterocycles. The average molecular weight is 180 g/mol. The normalized spacial score (nSPS) is 10.5. The van der Waals surface area contributed by atoms with Crippen LogP contribution < -0.4 is 0 Å². The van der Waals surface area contributed by atoms with Gasteiger partial charge in [0, 0.05) is 12.7 Å². The van der Waals surface area contributed by atoms with E-state index < -0.39 is 0 Å². The van der Waals surface area contributed by atoms with Gasteiger partial charge in [-0.05, 0) is 6.92 Å². The SMILES string of the molecule is Cc1c(-c2nncs2)cnn1C. The van der Waals surface area contributed by atoms with E-state index in [0.717, 1.165) is 16.3 Å². The molecule has 2 aromatic heterocycles. The molecule has 0 bridgehead atoms. The maximum absolute atomic E-state index is 4.13. The van der Waals surface area contributed by atoms with Gasteiger partial charge in [0.2, 0.25) is 0 Å². The summed E-state index contributed by atoms with van der Waals surface area (Å²) >= 11 is 1.53. The summed E-state index contributed by atoms with van der Waals surface area (Å²) in [7, 11) is 1.92. The van der Waals surface area contributed by atoms with Crippen molar-refractivity contribution >= 4 is 11.3 Å². The van der Waals surface area contributed by atoms with Crippen molar-refractivity contribution in [3.05, 3.63) is 17.4 Å². The lowest BCUT2D eigenvalue weighted by Gasteiger charge is -1.93. The van der Waals surface area contributed by atoms with Crippen LogP contribution in [-0.4, -0.2) is 20.0 Å². The van der Waals surface area contributed by atoms with Crippen LogP contribution in [0.4, 0.5) is 0 Å². The Morgan fingerprint density at radius 3 is 2.83 bits per heavy atom. The molecule has 0 N–H and O–H groups in total. The van der Waals surface area contributed by atoms with Crippen molar-refractivity contribution in [1.29, 1.82) is 0 Å². The fraction of sp³-hybridized carbons (Fsp3) is 0.286. The number of nitrogens with zero attached hydrogens (tertiary/aromatic N) is 4. The van der Waals surface area contributed by atoms with E-state index in [2.05, 4.69) is 15.3 Å². The van der Waals surface area contributed by atoms with Crippen LogP contribution in [0, 0.1) is 6.92 Å². The molecular formula is C7H8N4S. The number of rotatable bonds is 1. The Morgan fingerprint density at radius 1 is 1.50 bits per heavy atom. The van der Waals surface area contributed by atoms with E-state index in [0.29, 0.717) is 0 Å². The summed E-state index contributed by atoms with van der Waals surface area (Å²) in [6.45, 7) is 2.02. The van der Waals surface area contributed by atoms with Gasteiger partial charge in [-0.3, -0.25) is 4.68 Å². The molecule has 0 aromatic carbocycles. The lowest BCUT2D eigenvalue weighted by atomic mass is 10.3. The molecule has 0 aliphatic carbocycles. The fourth-order valence-corrected chi connectivity index (χ4v) is 1.61. The molecule has 2 aromatic rings. The van der Waals surface area contributed by atoms with Crippen molar-refractivity contribution < 1.29 is 0 Å². The zero-order valence-electron chi connectivity index (χ0n) is 6.85. The van der Waals surface area contributed by atoms with E-state index in [9.17, 15) is 0 Å². The molecule has 0 unspecified atom stereocenters. The van der Waals surface area contributed by atoms with Gasteiger partial charge in [-0.25, -0.2) is 0 Å². The molecule has 4 nitrogen and oxygen atoms in total. The van der Waals surface area contributed by atoms with Gasteiger partial charge in [-0.2, -0.15) is 5.10 Å². The third-order valence-corrected chi connectivity index (χ3v) is 2.55. The van der Waals surface area contributed by atoms with Crippen molar-refractivity contribution in [2.24, 2.45) is 7.05 Å². The first-order valence-electron chi connectivity index (χ1n) is 3.54. The van der Waals surface area contributed by atoms with Crippen LogP contribution in [-0.2, 0) is 7.05 Å². The summed E-state index contributed by atoms with van der Waals surface area (Å²) in [5.41, 5.74) is 3.91. The van der Waals surface area contributed by atoms with E-state index in [1.165, 1.54) is 11.3 Å². The van der Waals surface area contributed by atoms with Crippen molar-refractivity contribution in [2.75, 3.05) is 0 Å². The van der Waals surface area contributed by atoms with Gasteiger partial charge in [-0.15, -0.1) is 10.2 Å². The Balaban J connectivity index is 2.55. The molecule has 0 aliphatic rings. The van der Waals surface area contributed by atoms with Crippen LogP contribution in [0.1, 0.15) is 5.69 Å². The second kappa shape index (κ2) is 2.67. The zero-order chi connectivity index (χ0) is 8.55. The standard InChI is InChI=1S/C7H8N4S/c1-5-6(3-9-11(5)2)7-10-8-4-12-7/h3-4H,1-2H3. The minimum atomic E-state index is 0.931. The van der Waals surface area contributed by atoms with Gasteiger partial charge in [0.1, 0.15) is 5.51 Å². The van der Waals surface area contributed by atoms with Crippen LogP contribution in [0.2, 0.25) is 0 Å². The van der Waals surface area contributed by atoms with Crippen molar-refractivity contribution in [3.8, 4) is 10.6 Å². The van der Waals surface area contributed by atoms with Crippen LogP contribution >= 0.6 is 11.3 Å². The highest BCUT2D eigenvalue weighted by Crippen LogP contribution is 2.22. The zero-order valence-corrected chi connectivity index (χ0v) is 7.67. The molecule has 0 saturated heterocycles. The van der Waals surface area contributed by atoms with Crippen LogP contribution in [0.3, 0.4) is 0 Å². The maximum atomic E-state index is 4.13. The summed E-state index contributed by atoms with van der Waals surface area (Å²) in [5, 5.41) is 12.8. The van der Waals surface area contributed by atoms with Gasteiger partial charge >= 0.3 is 0 Å². The van der Waals surface area contributed by atoms with Crippen molar-refractivity contribution in [1.82, 2.24) is 20.0 Å². The number of aromatic nitrogens is 4. The van der Waals surface area contributed by atoms with Gasteiger partial charge in [-0.1, -0.05) is 11.3 Å². The largest absolute Gasteiger partial charge is 0.272 e. The molecule has 2 rings (SSSR count). The van der Waals surface area contributed by atoms with Crippen LogP contribution in [0.15, 0.2) is 11.7 Å². The molecule has 0 radical (unpaired) electrons. The summed E-state index contributed by atoms with van der Waals surface area (Å²) in [6, 6.07) is 0. The fourth-order valence-electron chi connectivity index (χ4n) is 0.999. The lowest BCUT2D eigenvalue weighted by Crippen LogP contribution is -1.92. The van der Waals surface area contributed by atoms with Gasteiger partial charge < -0.3 is 0 Å². The molecule has 0 spiro atoms. The van der Waals surface area contributed by atoms with Crippen LogP contribution in [0.25, 0.3) is 10.6 Å². The Kier molecular flexibility index (Phi) is 1.65. The predicted octanol–water partition coefficient (Wildman–Crippen LogP) is 1.25. The van der Waals surface area contributed by atoms with Gasteiger partial charge in [0.25, 0.3) is 0 Å². The molecular weight excluding hydrogens is 172 g/mol. The minimum Gasteiger partial charge on any atom is -0.272 e. The van der Waals surface area contributed by atoms with E-state index in [1.807, 2.05) is 24.9 Å². The first-order chi connectivity index (χ1) is 5.79. The first-order valence-corrected chi connectivity index (χ1v) is 4.42.